The molecule has 0 saturated carbocycles. The van der Waals surface area contributed by atoms with Gasteiger partial charge in [0, 0.05) is 36.5 Å². The number of nitrogens with zero attached hydrogens (tertiary/aromatic N) is 1. The van der Waals surface area contributed by atoms with E-state index >= 15 is 0 Å². The van der Waals surface area contributed by atoms with Crippen LogP contribution in [0.5, 0.6) is 5.75 Å². The molecule has 0 aliphatic heterocycles. The lowest BCUT2D eigenvalue weighted by Gasteiger charge is -2.27. The van der Waals surface area contributed by atoms with Crippen LogP contribution >= 0.6 is 11.6 Å². The van der Waals surface area contributed by atoms with Crippen LogP contribution in [0.3, 0.4) is 0 Å². The fourth-order valence-electron chi connectivity index (χ4n) is 8.84. The molecule has 0 aliphatic rings. The minimum absolute atomic E-state index is 0.0250. The number of hydrogen-bond donors (Lipinski definition) is 9. The third-order valence-corrected chi connectivity index (χ3v) is 13.8. The number of rotatable bonds is 29. The SMILES string of the molecule is Cc1cc(O)cc(C)c1CC(NC(=O)C(CCCN/C(=N\C(=O)OCc1ccccc1)NC(=O)OCc1ccccc1)NC(=O)OCc1ccccc1)C(=O)N[C@@H](CCCCNC(=O)OCc1ccccc1Cl)C(=O)N[C@@H](Cc1ccccc1)C(N)=O. The van der Waals surface area contributed by atoms with E-state index in [9.17, 15) is 43.5 Å². The van der Waals surface area contributed by atoms with Gasteiger partial charge in [0.15, 0.2) is 0 Å². The van der Waals surface area contributed by atoms with Crippen molar-refractivity contribution in [3.8, 4) is 5.75 Å². The number of hydrogen-bond acceptors (Lipinski definition) is 13. The molecule has 23 heteroatoms. The Morgan fingerprint density at radius 3 is 1.53 bits per heavy atom. The van der Waals surface area contributed by atoms with E-state index < -0.39 is 72.2 Å². The van der Waals surface area contributed by atoms with Crippen LogP contribution in [0.25, 0.3) is 0 Å². The lowest BCUT2D eigenvalue weighted by Crippen LogP contribution is -2.58. The summed E-state index contributed by atoms with van der Waals surface area (Å²) in [5, 5.41) is 29.7. The van der Waals surface area contributed by atoms with Crippen molar-refractivity contribution >= 4 is 65.6 Å². The normalized spacial score (nSPS) is 12.3. The van der Waals surface area contributed by atoms with Crippen molar-refractivity contribution in [3.05, 3.63) is 207 Å². The van der Waals surface area contributed by atoms with E-state index in [1.807, 2.05) is 0 Å². The second kappa shape index (κ2) is 35.4. The third-order valence-electron chi connectivity index (χ3n) is 13.4. The Bertz CT molecular complexity index is 3250. The number of primary amides is 1. The highest BCUT2D eigenvalue weighted by Crippen LogP contribution is 2.23. The van der Waals surface area contributed by atoms with Gasteiger partial charge in [-0.3, -0.25) is 24.5 Å². The van der Waals surface area contributed by atoms with Crippen molar-refractivity contribution in [3.63, 3.8) is 0 Å². The van der Waals surface area contributed by atoms with E-state index in [1.54, 1.807) is 159 Å². The molecular formula is C64H72ClN9O13. The summed E-state index contributed by atoms with van der Waals surface area (Å²) in [6, 6.07) is 39.8. The second-order valence-corrected chi connectivity index (χ2v) is 20.6. The minimum atomic E-state index is -1.46. The summed E-state index contributed by atoms with van der Waals surface area (Å²) < 4.78 is 21.5. The van der Waals surface area contributed by atoms with Gasteiger partial charge in [-0.15, -0.1) is 4.99 Å². The molecule has 10 N–H and O–H groups in total. The standard InChI is InChI=1S/C64H72ClN9O13/c1-42-34-49(75)35-43(2)50(42)37-55(59(79)69-52(57(77)70-54(56(66)76)36-44-20-7-3-8-21-44)30-17-18-32-68-61(80)87-41-48-28-15-16-29-51(48)65)71-58(78)53(72-62(81)84-38-45-22-9-4-10-23-45)31-19-33-67-60(73-63(82)85-39-46-24-11-5-12-25-46)74-64(83)86-40-47-26-13-6-14-27-47/h3-16,20-29,34-35,52-55,75H,17-19,30-33,36-41H2,1-2H3,(H2,66,76)(H,68,80)(H,69,79)(H,70,77)(H,71,78)(H,72,81)(H2,67,73,74,82,83)/t52-,53?,54-,55?/m0/s1. The second-order valence-electron chi connectivity index (χ2n) is 20.1. The molecule has 22 nitrogen and oxygen atoms in total. The lowest BCUT2D eigenvalue weighted by atomic mass is 9.95. The van der Waals surface area contributed by atoms with Gasteiger partial charge in [-0.25, -0.2) is 19.2 Å². The van der Waals surface area contributed by atoms with Crippen molar-refractivity contribution in [2.75, 3.05) is 13.1 Å². The summed E-state index contributed by atoms with van der Waals surface area (Å²) in [5.74, 6) is -3.68. The first-order valence-electron chi connectivity index (χ1n) is 28.1. The predicted octanol–water partition coefficient (Wildman–Crippen LogP) is 7.77. The molecule has 8 amide bonds. The number of alkyl carbamates (subject to hydrolysis) is 3. The maximum atomic E-state index is 14.9. The fourth-order valence-corrected chi connectivity index (χ4v) is 9.03. The number of carbonyl (C=O) groups is 8. The van der Waals surface area contributed by atoms with E-state index in [-0.39, 0.29) is 89.8 Å². The minimum Gasteiger partial charge on any atom is -0.508 e. The van der Waals surface area contributed by atoms with Gasteiger partial charge in [-0.2, -0.15) is 0 Å². The number of carbonyl (C=O) groups excluding carboxylic acids is 8. The van der Waals surface area contributed by atoms with Crippen LogP contribution in [-0.4, -0.2) is 96.3 Å². The van der Waals surface area contributed by atoms with Crippen molar-refractivity contribution in [1.82, 2.24) is 37.2 Å². The summed E-state index contributed by atoms with van der Waals surface area (Å²) in [6.07, 6.45) is -3.41. The highest BCUT2D eigenvalue weighted by Gasteiger charge is 2.32. The number of phenolic OH excluding ortho intramolecular Hbond substituents is 1. The molecule has 87 heavy (non-hydrogen) atoms. The highest BCUT2D eigenvalue weighted by molar-refractivity contribution is 6.31. The monoisotopic (exact) mass is 1210 g/mol. The zero-order valence-electron chi connectivity index (χ0n) is 48.3. The van der Waals surface area contributed by atoms with Crippen LogP contribution in [0.2, 0.25) is 5.02 Å². The van der Waals surface area contributed by atoms with Crippen LogP contribution in [0.15, 0.2) is 163 Å². The van der Waals surface area contributed by atoms with Crippen LogP contribution in [0, 0.1) is 13.8 Å². The Labute approximate surface area is 509 Å². The zero-order chi connectivity index (χ0) is 62.3. The number of halogens is 1. The molecule has 4 atom stereocenters. The van der Waals surface area contributed by atoms with Crippen molar-refractivity contribution < 1.29 is 62.4 Å². The average molecular weight is 1210 g/mol. The molecule has 458 valence electrons. The number of amides is 8. The predicted molar refractivity (Wildman–Crippen MR) is 325 cm³/mol. The van der Waals surface area contributed by atoms with Gasteiger partial charge in [-0.1, -0.05) is 151 Å². The molecule has 0 spiro atoms. The zero-order valence-corrected chi connectivity index (χ0v) is 49.0. The van der Waals surface area contributed by atoms with Gasteiger partial charge in [0.05, 0.1) is 0 Å². The number of aryl methyl sites for hydroxylation is 2. The molecule has 0 aliphatic carbocycles. The number of phenols is 1. The Balaban J connectivity index is 1.22. The summed E-state index contributed by atoms with van der Waals surface area (Å²) >= 11 is 6.21. The molecule has 6 aromatic carbocycles. The number of unbranched alkanes of at least 4 members (excludes halogenated alkanes) is 1. The molecule has 0 fully saturated rings. The topological polar surface area (TPSA) is 316 Å². The Morgan fingerprint density at radius 1 is 0.494 bits per heavy atom. The van der Waals surface area contributed by atoms with Gasteiger partial charge in [0.25, 0.3) is 0 Å². The third kappa shape index (κ3) is 23.9. The molecule has 6 rings (SSSR count). The molecule has 6 aromatic rings. The number of nitrogens with one attached hydrogen (secondary N) is 7. The summed E-state index contributed by atoms with van der Waals surface area (Å²) in [4.78, 5) is 113. The first-order valence-corrected chi connectivity index (χ1v) is 28.5. The van der Waals surface area contributed by atoms with Crippen molar-refractivity contribution in [2.24, 2.45) is 10.7 Å². The van der Waals surface area contributed by atoms with Crippen molar-refractivity contribution in [1.29, 1.82) is 0 Å². The van der Waals surface area contributed by atoms with Gasteiger partial charge in [-0.05, 0) is 103 Å². The first kappa shape index (κ1) is 66.2. The number of nitrogens with two attached hydrogens (primary N) is 1. The molecule has 0 bridgehead atoms. The first-order chi connectivity index (χ1) is 42.0. The van der Waals surface area contributed by atoms with Crippen molar-refractivity contribution in [2.45, 2.75) is 109 Å². The number of guanidine groups is 1. The van der Waals surface area contributed by atoms with Crippen LogP contribution in [0.1, 0.15) is 76.6 Å². The smallest absolute Gasteiger partial charge is 0.437 e. The van der Waals surface area contributed by atoms with E-state index in [4.69, 9.17) is 36.3 Å². The van der Waals surface area contributed by atoms with E-state index in [0.29, 0.717) is 56.0 Å². The molecule has 0 saturated heterocycles. The van der Waals surface area contributed by atoms with E-state index in [1.165, 1.54) is 12.1 Å². The van der Waals surface area contributed by atoms with Gasteiger partial charge in [0.1, 0.15) is 56.3 Å². The van der Waals surface area contributed by atoms with Gasteiger partial charge < -0.3 is 61.7 Å². The van der Waals surface area contributed by atoms with Gasteiger partial charge >= 0.3 is 24.4 Å². The summed E-state index contributed by atoms with van der Waals surface area (Å²) in [5.41, 5.74) is 10.9. The maximum absolute atomic E-state index is 14.9. The highest BCUT2D eigenvalue weighted by atomic mass is 35.5. The van der Waals surface area contributed by atoms with Crippen LogP contribution < -0.4 is 43.0 Å². The van der Waals surface area contributed by atoms with Gasteiger partial charge in [0.2, 0.25) is 29.6 Å². The number of aliphatic imine (C=N–C) groups is 1. The number of aromatic hydroxyl groups is 1. The molecule has 0 heterocycles. The van der Waals surface area contributed by atoms with E-state index in [0.717, 1.165) is 0 Å². The molecule has 0 aromatic heterocycles. The molecule has 2 unspecified atom stereocenters. The molecular weight excluding hydrogens is 1140 g/mol. The Morgan fingerprint density at radius 2 is 0.954 bits per heavy atom. The van der Waals surface area contributed by atoms with E-state index in [2.05, 4.69) is 42.2 Å². The number of benzene rings is 6. The molecule has 0 radical (unpaired) electrons. The van der Waals surface area contributed by atoms with Crippen LogP contribution in [-0.2, 0) is 77.4 Å². The lowest BCUT2D eigenvalue weighted by molar-refractivity contribution is -0.133. The summed E-state index contributed by atoms with van der Waals surface area (Å²) in [7, 11) is 0. The average Bonchev–Trinajstić information content (AvgIpc) is 2.91. The fraction of sp³-hybridized carbons (Fsp3) is 0.297. The largest absolute Gasteiger partial charge is 0.508 e. The quantitative estimate of drug-likeness (QED) is 0.00938. The summed E-state index contributed by atoms with van der Waals surface area (Å²) in [6.45, 7) is 3.02. The Hall–Kier alpha value is -9.96. The number of ether oxygens (including phenoxy) is 4. The maximum Gasteiger partial charge on any atom is 0.437 e. The Kier molecular flexibility index (Phi) is 26.9. The van der Waals surface area contributed by atoms with Crippen LogP contribution in [0.4, 0.5) is 19.2 Å².